The third-order valence-corrected chi connectivity index (χ3v) is 6.46. The molecular weight excluding hydrogens is 432 g/mol. The lowest BCUT2D eigenvalue weighted by molar-refractivity contribution is 0.0747. The first-order valence-electron chi connectivity index (χ1n) is 12.4. The van der Waals surface area contributed by atoms with Crippen LogP contribution in [-0.4, -0.2) is 64.5 Å². The van der Waals surface area contributed by atoms with E-state index in [-0.39, 0.29) is 12.2 Å². The minimum atomic E-state index is -0.321. The second-order valence-electron chi connectivity index (χ2n) is 9.47. The van der Waals surface area contributed by atoms with Gasteiger partial charge in [-0.15, -0.1) is 0 Å². The number of aliphatic imine (C=N–C) groups is 1. The van der Waals surface area contributed by atoms with E-state index in [0.717, 1.165) is 61.9 Å². The van der Waals surface area contributed by atoms with Crippen molar-refractivity contribution in [1.82, 2.24) is 20.2 Å². The maximum Gasteiger partial charge on any atom is 0.125 e. The van der Waals surface area contributed by atoms with Crippen LogP contribution in [0.3, 0.4) is 0 Å². The van der Waals surface area contributed by atoms with Gasteiger partial charge in [-0.05, 0) is 51.5 Å². The van der Waals surface area contributed by atoms with Crippen LogP contribution in [0.25, 0.3) is 11.0 Å². The molecule has 34 heavy (non-hydrogen) atoms. The molecule has 1 aromatic heterocycles. The van der Waals surface area contributed by atoms with Gasteiger partial charge in [-0.25, -0.2) is 9.98 Å². The lowest BCUT2D eigenvalue weighted by atomic mass is 9.93. The van der Waals surface area contributed by atoms with Gasteiger partial charge in [0, 0.05) is 50.6 Å². The molecule has 2 heterocycles. The summed E-state index contributed by atoms with van der Waals surface area (Å²) in [6.07, 6.45) is 11.4. The van der Waals surface area contributed by atoms with Gasteiger partial charge in [0.05, 0.1) is 36.3 Å². The molecule has 5 N–H and O–H groups in total. The Labute approximate surface area is 201 Å². The van der Waals surface area contributed by atoms with Gasteiger partial charge in [0.2, 0.25) is 0 Å². The third-order valence-electron chi connectivity index (χ3n) is 6.46. The summed E-state index contributed by atoms with van der Waals surface area (Å²) in [5.74, 6) is 1.18. The van der Waals surface area contributed by atoms with Gasteiger partial charge in [0.1, 0.15) is 17.1 Å². The second-order valence-corrected chi connectivity index (χ2v) is 9.47. The van der Waals surface area contributed by atoms with Crippen molar-refractivity contribution in [2.24, 2.45) is 17.8 Å². The normalized spacial score (nSPS) is 25.0. The van der Waals surface area contributed by atoms with E-state index in [1.54, 1.807) is 19.3 Å². The number of nitrogens with two attached hydrogens (primary N) is 1. The van der Waals surface area contributed by atoms with Crippen LogP contribution in [0, 0.1) is 0 Å². The van der Waals surface area contributed by atoms with Gasteiger partial charge < -0.3 is 35.5 Å². The SMILES string of the molecule is C[C@H](O)CNC1CCC(Oc2cc(N=C(N)/C=C\N[C@H]3CCCOC3)c3ncn(C)c3c2)CC1. The first-order valence-corrected chi connectivity index (χ1v) is 12.4. The number of aryl methyl sites for hydroxylation is 1. The second kappa shape index (κ2) is 11.7. The lowest BCUT2D eigenvalue weighted by Crippen LogP contribution is -2.39. The summed E-state index contributed by atoms with van der Waals surface area (Å²) >= 11 is 0. The number of rotatable bonds is 9. The van der Waals surface area contributed by atoms with Crippen LogP contribution < -0.4 is 21.1 Å². The number of nitrogens with zero attached hydrogens (tertiary/aromatic N) is 3. The van der Waals surface area contributed by atoms with Crippen molar-refractivity contribution in [3.05, 3.63) is 30.7 Å². The van der Waals surface area contributed by atoms with E-state index in [9.17, 15) is 5.11 Å². The summed E-state index contributed by atoms with van der Waals surface area (Å²) in [5.41, 5.74) is 8.66. The van der Waals surface area contributed by atoms with Crippen molar-refractivity contribution in [2.45, 2.75) is 69.7 Å². The quantitative estimate of drug-likeness (QED) is 0.328. The van der Waals surface area contributed by atoms with Crippen LogP contribution in [0.2, 0.25) is 0 Å². The van der Waals surface area contributed by atoms with Crippen LogP contribution >= 0.6 is 0 Å². The van der Waals surface area contributed by atoms with Crippen molar-refractivity contribution in [1.29, 1.82) is 0 Å². The van der Waals surface area contributed by atoms with Crippen molar-refractivity contribution in [3.63, 3.8) is 0 Å². The van der Waals surface area contributed by atoms with Gasteiger partial charge in [0.25, 0.3) is 0 Å². The maximum absolute atomic E-state index is 9.49. The molecule has 1 aliphatic carbocycles. The number of nitrogens with one attached hydrogen (secondary N) is 2. The molecule has 1 saturated carbocycles. The van der Waals surface area contributed by atoms with Gasteiger partial charge in [-0.1, -0.05) is 0 Å². The Hall–Kier alpha value is -2.62. The predicted molar refractivity (Wildman–Crippen MR) is 134 cm³/mol. The zero-order valence-electron chi connectivity index (χ0n) is 20.2. The van der Waals surface area contributed by atoms with E-state index in [4.69, 9.17) is 15.2 Å². The number of ether oxygens (including phenoxy) is 2. The summed E-state index contributed by atoms with van der Waals surface area (Å²) in [6, 6.07) is 4.70. The Balaban J connectivity index is 1.42. The largest absolute Gasteiger partial charge is 0.490 e. The van der Waals surface area contributed by atoms with Crippen LogP contribution in [0.4, 0.5) is 5.69 Å². The smallest absolute Gasteiger partial charge is 0.125 e. The Morgan fingerprint density at radius 1 is 1.32 bits per heavy atom. The monoisotopic (exact) mass is 470 g/mol. The fourth-order valence-corrected chi connectivity index (χ4v) is 4.57. The van der Waals surface area contributed by atoms with Crippen molar-refractivity contribution in [2.75, 3.05) is 19.8 Å². The minimum Gasteiger partial charge on any atom is -0.490 e. The highest BCUT2D eigenvalue weighted by Gasteiger charge is 2.23. The molecule has 2 aliphatic rings. The van der Waals surface area contributed by atoms with Gasteiger partial charge >= 0.3 is 0 Å². The molecule has 1 aliphatic heterocycles. The van der Waals surface area contributed by atoms with Crippen LogP contribution in [0.5, 0.6) is 5.75 Å². The standard InChI is InChI=1S/C25H38N6O3/c1-17(32)14-28-18-5-7-20(8-6-18)34-21-12-22(25-23(13-21)31(2)16-29-25)30-24(26)9-10-27-19-4-3-11-33-15-19/h9-10,12-13,16-20,27-28,32H,3-8,11,14-15H2,1-2H3,(H2,26,30)/b10-9-/t17-,18?,19-,20?/m0/s1. The summed E-state index contributed by atoms with van der Waals surface area (Å²) in [6.45, 7) is 3.99. The molecule has 0 spiro atoms. The number of aromatic nitrogens is 2. The predicted octanol–water partition coefficient (Wildman–Crippen LogP) is 2.50. The zero-order valence-corrected chi connectivity index (χ0v) is 20.2. The summed E-state index contributed by atoms with van der Waals surface area (Å²) < 4.78 is 13.8. The number of aliphatic hydroxyl groups is 1. The average Bonchev–Trinajstić information content (AvgIpc) is 3.20. The Kier molecular flexibility index (Phi) is 8.42. The molecule has 9 nitrogen and oxygen atoms in total. The number of imidazole rings is 1. The van der Waals surface area contributed by atoms with E-state index >= 15 is 0 Å². The number of amidine groups is 1. The first kappa shape index (κ1) is 24.5. The number of hydrogen-bond acceptors (Lipinski definition) is 7. The van der Waals surface area contributed by atoms with E-state index in [0.29, 0.717) is 36.8 Å². The topological polar surface area (TPSA) is 119 Å². The molecule has 1 saturated heterocycles. The number of hydrogen-bond donors (Lipinski definition) is 4. The molecular formula is C25H38N6O3. The van der Waals surface area contributed by atoms with Crippen molar-refractivity contribution < 1.29 is 14.6 Å². The minimum absolute atomic E-state index is 0.159. The van der Waals surface area contributed by atoms with E-state index in [1.807, 2.05) is 29.9 Å². The maximum atomic E-state index is 9.49. The highest BCUT2D eigenvalue weighted by molar-refractivity contribution is 5.97. The number of benzene rings is 1. The van der Waals surface area contributed by atoms with E-state index in [2.05, 4.69) is 20.6 Å². The molecule has 2 aromatic rings. The molecule has 2 atom stereocenters. The van der Waals surface area contributed by atoms with E-state index in [1.165, 1.54) is 0 Å². The van der Waals surface area contributed by atoms with Gasteiger partial charge in [0.15, 0.2) is 0 Å². The molecule has 9 heteroatoms. The fourth-order valence-electron chi connectivity index (χ4n) is 4.57. The number of aliphatic hydroxyl groups excluding tert-OH is 1. The van der Waals surface area contributed by atoms with Crippen molar-refractivity contribution in [3.8, 4) is 5.75 Å². The van der Waals surface area contributed by atoms with Crippen LogP contribution in [0.1, 0.15) is 45.4 Å². The Morgan fingerprint density at radius 3 is 2.88 bits per heavy atom. The third kappa shape index (κ3) is 6.71. The molecule has 0 unspecified atom stereocenters. The number of fused-ring (bicyclic) bond motifs is 1. The van der Waals surface area contributed by atoms with Gasteiger partial charge in [-0.3, -0.25) is 0 Å². The molecule has 0 bridgehead atoms. The van der Waals surface area contributed by atoms with Crippen LogP contribution in [-0.2, 0) is 11.8 Å². The molecule has 1 aromatic carbocycles. The molecule has 2 fully saturated rings. The summed E-state index contributed by atoms with van der Waals surface area (Å²) in [5, 5.41) is 16.3. The summed E-state index contributed by atoms with van der Waals surface area (Å²) in [7, 11) is 1.96. The highest BCUT2D eigenvalue weighted by Crippen LogP contribution is 2.32. The summed E-state index contributed by atoms with van der Waals surface area (Å²) in [4.78, 5) is 9.15. The molecule has 0 amide bonds. The van der Waals surface area contributed by atoms with Gasteiger partial charge in [-0.2, -0.15) is 0 Å². The zero-order chi connectivity index (χ0) is 23.9. The van der Waals surface area contributed by atoms with Crippen LogP contribution in [0.15, 0.2) is 35.7 Å². The first-order chi connectivity index (χ1) is 16.5. The fraction of sp³-hybridized carbons (Fsp3) is 0.600. The van der Waals surface area contributed by atoms with Crippen molar-refractivity contribution >= 4 is 22.6 Å². The lowest BCUT2D eigenvalue weighted by Gasteiger charge is -2.30. The Morgan fingerprint density at radius 2 is 2.15 bits per heavy atom. The molecule has 186 valence electrons. The molecule has 4 rings (SSSR count). The molecule has 0 radical (unpaired) electrons. The van der Waals surface area contributed by atoms with E-state index < -0.39 is 0 Å². The highest BCUT2D eigenvalue weighted by atomic mass is 16.5. The Bertz CT molecular complexity index is 988. The average molecular weight is 471 g/mol.